The van der Waals surface area contributed by atoms with Gasteiger partial charge in [-0.1, -0.05) is 42.5 Å². The predicted octanol–water partition coefficient (Wildman–Crippen LogP) is -2.40. The first kappa shape index (κ1) is 46.7. The minimum Gasteiger partial charge on any atom is -0.414 e. The first-order chi connectivity index (χ1) is 28.8. The van der Waals surface area contributed by atoms with Gasteiger partial charge in [-0.15, -0.1) is 0 Å². The molecule has 326 valence electrons. The van der Waals surface area contributed by atoms with Gasteiger partial charge in [0.05, 0.1) is 44.2 Å². The van der Waals surface area contributed by atoms with Crippen LogP contribution < -0.4 is 42.2 Å². The zero-order valence-electron chi connectivity index (χ0n) is 32.9. The van der Waals surface area contributed by atoms with E-state index in [9.17, 15) is 49.2 Å². The minimum atomic E-state index is -2.10. The van der Waals surface area contributed by atoms with Crippen molar-refractivity contribution < 1.29 is 58.3 Å². The molecule has 0 unspecified atom stereocenters. The fourth-order valence-corrected chi connectivity index (χ4v) is 6.33. The molecule has 0 bridgehead atoms. The largest absolute Gasteiger partial charge is 0.414 e. The van der Waals surface area contributed by atoms with E-state index in [0.717, 1.165) is 11.1 Å². The fourth-order valence-electron chi connectivity index (χ4n) is 6.33. The fraction of sp³-hybridized carbons (Fsp3) is 0.462. The van der Waals surface area contributed by atoms with E-state index in [1.807, 2.05) is 36.4 Å². The highest BCUT2D eigenvalue weighted by atomic mass is 16.6. The van der Waals surface area contributed by atoms with Gasteiger partial charge in [-0.05, 0) is 30.9 Å². The van der Waals surface area contributed by atoms with E-state index >= 15 is 0 Å². The lowest BCUT2D eigenvalue weighted by Gasteiger charge is -2.37. The number of hydrogen-bond acceptors (Lipinski definition) is 14. The third kappa shape index (κ3) is 13.5. The highest BCUT2D eigenvalue weighted by molar-refractivity contribution is 5.94. The Morgan fingerprint density at radius 2 is 1.57 bits per heavy atom. The van der Waals surface area contributed by atoms with Crippen LogP contribution in [-0.2, 0) is 33.4 Å². The number of fused-ring (bicyclic) bond motifs is 1. The number of nitrogens with two attached hydrogens (primary N) is 1. The molecule has 60 heavy (non-hydrogen) atoms. The molecule has 21 nitrogen and oxygen atoms in total. The van der Waals surface area contributed by atoms with Gasteiger partial charge in [-0.3, -0.25) is 34.2 Å². The average Bonchev–Trinajstić information content (AvgIpc) is 3.24. The molecule has 1 aromatic heterocycles. The van der Waals surface area contributed by atoms with Crippen LogP contribution in [0.3, 0.4) is 0 Å². The van der Waals surface area contributed by atoms with Crippen LogP contribution in [0.4, 0.5) is 5.88 Å². The summed E-state index contributed by atoms with van der Waals surface area (Å²) in [5, 5.41) is 56.8. The summed E-state index contributed by atoms with van der Waals surface area (Å²) < 4.78 is 17.7. The summed E-state index contributed by atoms with van der Waals surface area (Å²) in [5.41, 5.74) is 7.02. The Morgan fingerprint density at radius 3 is 2.23 bits per heavy atom. The second-order valence-corrected chi connectivity index (χ2v) is 14.0. The van der Waals surface area contributed by atoms with Gasteiger partial charge < -0.3 is 66.6 Å². The van der Waals surface area contributed by atoms with Crippen LogP contribution in [0.2, 0.25) is 0 Å². The first-order valence-corrected chi connectivity index (χ1v) is 19.3. The van der Waals surface area contributed by atoms with Gasteiger partial charge in [-0.25, -0.2) is 4.48 Å². The lowest BCUT2D eigenvalue weighted by molar-refractivity contribution is -0.151. The molecule has 2 heterocycles. The molecule has 0 aliphatic carbocycles. The number of aliphatic hydroxyl groups is 4. The number of nitrogens with one attached hydrogen (secondary N) is 6. The van der Waals surface area contributed by atoms with Gasteiger partial charge in [0.15, 0.2) is 23.3 Å². The van der Waals surface area contributed by atoms with Gasteiger partial charge >= 0.3 is 11.9 Å². The number of carbonyl (C=O) groups is 5. The van der Waals surface area contributed by atoms with Gasteiger partial charge in [0, 0.05) is 25.1 Å². The van der Waals surface area contributed by atoms with Gasteiger partial charge in [0.2, 0.25) is 30.4 Å². The second-order valence-electron chi connectivity index (χ2n) is 14.0. The van der Waals surface area contributed by atoms with Crippen molar-refractivity contribution in [3.63, 3.8) is 0 Å². The van der Waals surface area contributed by atoms with Crippen LogP contribution in [0, 0.1) is 5.41 Å². The van der Waals surface area contributed by atoms with Crippen LogP contribution in [0.15, 0.2) is 63.8 Å². The van der Waals surface area contributed by atoms with Crippen molar-refractivity contribution in [2.45, 2.75) is 56.5 Å². The Hall–Kier alpha value is -5.97. The summed E-state index contributed by atoms with van der Waals surface area (Å²) in [5.74, 6) is -4.03. The van der Waals surface area contributed by atoms with E-state index in [4.69, 9.17) is 25.0 Å². The Kier molecular flexibility index (Phi) is 17.9. The second kappa shape index (κ2) is 23.0. The summed E-state index contributed by atoms with van der Waals surface area (Å²) in [6, 6.07) is 12.1. The smallest absolute Gasteiger partial charge is 0.310 e. The third-order valence-corrected chi connectivity index (χ3v) is 9.66. The number of rotatable bonds is 22. The number of ether oxygens (including phenoxy) is 2. The average molecular weight is 842 g/mol. The number of para-hydroxylation sites is 1. The summed E-state index contributed by atoms with van der Waals surface area (Å²) in [7, 11) is 0. The number of aliphatic hydroxyl groups excluding tert-OH is 3. The van der Waals surface area contributed by atoms with Crippen molar-refractivity contribution in [1.82, 2.24) is 31.1 Å². The SMILES string of the molecule is N=C(N)NCCC[C@H](NC(=O)CCC(=O)OC[N+]1(c2cc(=O)c3cccc(-c4ccccc4)c3o2)CCOCC1)C(=O)NCC(=O)N[C@@H](CCO)C(=O)N[C@@H](CO)C(O)O. The molecule has 0 spiro atoms. The van der Waals surface area contributed by atoms with E-state index in [-0.39, 0.29) is 67.1 Å². The lowest BCUT2D eigenvalue weighted by atomic mass is 10.0. The van der Waals surface area contributed by atoms with Crippen molar-refractivity contribution >= 4 is 52.4 Å². The summed E-state index contributed by atoms with van der Waals surface area (Å²) in [4.78, 5) is 77.9. The molecule has 1 aliphatic heterocycles. The molecule has 21 heteroatoms. The number of guanidine groups is 1. The Labute approximate surface area is 344 Å². The van der Waals surface area contributed by atoms with Crippen molar-refractivity contribution in [3.05, 3.63) is 64.8 Å². The summed E-state index contributed by atoms with van der Waals surface area (Å²) in [6.07, 6.45) is -2.86. The van der Waals surface area contributed by atoms with E-state index in [2.05, 4.69) is 26.6 Å². The maximum Gasteiger partial charge on any atom is 0.310 e. The Bertz CT molecular complexity index is 2010. The summed E-state index contributed by atoms with van der Waals surface area (Å²) >= 11 is 0. The standard InChI is InChI=1S/C39H52N8O13/c40-39(41)42-14-5-10-27(36(54)43-21-32(52)45-28(13-17-48)37(55)46-29(22-49)38(56)57)44-31(51)11-12-34(53)59-23-47(15-18-58-19-16-47)33-20-30(50)26-9-4-8-25(35(26)60-33)24-6-2-1-3-7-24/h1-4,6-9,20,27-29,38,48-49,56-57H,5,10-19,21-23H2,(H7-,40,41,42,43,44,45,46,51,52,54,55)/p+1/t27-,28-,29-/m0/s1. The predicted molar refractivity (Wildman–Crippen MR) is 215 cm³/mol. The lowest BCUT2D eigenvalue weighted by Crippen LogP contribution is -2.58. The highest BCUT2D eigenvalue weighted by Gasteiger charge is 2.38. The van der Waals surface area contributed by atoms with Gasteiger partial charge in [0.25, 0.3) is 0 Å². The monoisotopic (exact) mass is 841 g/mol. The van der Waals surface area contributed by atoms with E-state index in [0.29, 0.717) is 37.3 Å². The van der Waals surface area contributed by atoms with E-state index < -0.39 is 73.8 Å². The maximum atomic E-state index is 13.4. The number of carbonyl (C=O) groups excluding carboxylic acids is 5. The molecule has 3 atom stereocenters. The highest BCUT2D eigenvalue weighted by Crippen LogP contribution is 2.33. The van der Waals surface area contributed by atoms with Crippen LogP contribution in [-0.4, -0.2) is 140 Å². The molecule has 2 aromatic carbocycles. The molecule has 12 N–H and O–H groups in total. The number of esters is 1. The van der Waals surface area contributed by atoms with Crippen LogP contribution >= 0.6 is 0 Å². The zero-order chi connectivity index (χ0) is 43.7. The van der Waals surface area contributed by atoms with Gasteiger partial charge in [-0.2, -0.15) is 0 Å². The first-order valence-electron chi connectivity index (χ1n) is 19.3. The van der Waals surface area contributed by atoms with Crippen molar-refractivity contribution in [1.29, 1.82) is 5.41 Å². The molecular formula is C39H53N8O13+. The van der Waals surface area contributed by atoms with E-state index in [1.54, 1.807) is 12.1 Å². The number of nitrogens with zero attached hydrogens (tertiary/aromatic N) is 1. The van der Waals surface area contributed by atoms with Crippen molar-refractivity contribution in [2.75, 3.05) is 59.3 Å². The van der Waals surface area contributed by atoms with Gasteiger partial charge in [0.1, 0.15) is 31.2 Å². The topological polar surface area (TPSA) is 325 Å². The van der Waals surface area contributed by atoms with Crippen LogP contribution in [0.25, 0.3) is 22.1 Å². The molecule has 1 aliphatic rings. The molecule has 0 radical (unpaired) electrons. The summed E-state index contributed by atoms with van der Waals surface area (Å²) in [6.45, 7) is -0.814. The normalized spacial score (nSPS) is 14.9. The maximum absolute atomic E-state index is 13.4. The minimum absolute atomic E-state index is 0.0243. The van der Waals surface area contributed by atoms with Crippen molar-refractivity contribution in [3.8, 4) is 11.1 Å². The molecule has 3 aromatic rings. The Morgan fingerprint density at radius 1 is 0.867 bits per heavy atom. The molecule has 1 saturated heterocycles. The molecule has 4 rings (SSSR count). The van der Waals surface area contributed by atoms with E-state index in [1.165, 1.54) is 6.07 Å². The Balaban J connectivity index is 1.37. The number of amides is 4. The number of quaternary nitrogens is 1. The number of hydrogen-bond donors (Lipinski definition) is 11. The third-order valence-electron chi connectivity index (χ3n) is 9.66. The molecule has 0 saturated carbocycles. The van der Waals surface area contributed by atoms with Crippen LogP contribution in [0.1, 0.15) is 32.1 Å². The van der Waals surface area contributed by atoms with Crippen molar-refractivity contribution in [2.24, 2.45) is 5.73 Å². The number of benzene rings is 2. The molecule has 1 fully saturated rings. The zero-order valence-corrected chi connectivity index (χ0v) is 32.9. The molecule has 4 amide bonds. The quantitative estimate of drug-likeness (QED) is 0.0125. The number of morpholine rings is 1. The molecular weight excluding hydrogens is 788 g/mol. The van der Waals surface area contributed by atoms with Crippen LogP contribution in [0.5, 0.6) is 0 Å².